The number of carbonyl (C=O) groups excluding carboxylic acids is 1. The highest BCUT2D eigenvalue weighted by Crippen LogP contribution is 2.19. The molecule has 0 radical (unpaired) electrons. The highest BCUT2D eigenvalue weighted by atomic mass is 16.2. The van der Waals surface area contributed by atoms with Gasteiger partial charge in [-0.3, -0.25) is 21.1 Å². The second-order valence-electron chi connectivity index (χ2n) is 3.64. The van der Waals surface area contributed by atoms with Crippen molar-refractivity contribution in [2.24, 2.45) is 11.8 Å². The number of carbonyl (C=O) groups is 1. The van der Waals surface area contributed by atoms with Gasteiger partial charge in [-0.15, -0.1) is 0 Å². The Labute approximate surface area is 78.4 Å². The lowest BCUT2D eigenvalue weighted by molar-refractivity contribution is -0.121. The van der Waals surface area contributed by atoms with E-state index in [2.05, 4.69) is 30.1 Å². The molecule has 1 heterocycles. The monoisotopic (exact) mass is 186 g/mol. The Bertz CT molecular complexity index is 175. The molecule has 1 amide bonds. The van der Waals surface area contributed by atoms with E-state index in [-0.39, 0.29) is 5.91 Å². The van der Waals surface area contributed by atoms with Crippen LogP contribution < -0.4 is 22.1 Å². The van der Waals surface area contributed by atoms with E-state index in [1.54, 1.807) is 0 Å². The van der Waals surface area contributed by atoms with Crippen molar-refractivity contribution in [3.05, 3.63) is 0 Å². The number of hydrazine groups is 2. The quantitative estimate of drug-likeness (QED) is 0.266. The molecule has 1 fully saturated rings. The van der Waals surface area contributed by atoms with E-state index in [0.717, 1.165) is 6.42 Å². The third kappa shape index (κ3) is 2.65. The van der Waals surface area contributed by atoms with Crippen LogP contribution in [-0.4, -0.2) is 18.0 Å². The van der Waals surface area contributed by atoms with E-state index in [1.165, 1.54) is 0 Å². The van der Waals surface area contributed by atoms with Crippen LogP contribution in [0.1, 0.15) is 26.7 Å². The summed E-state index contributed by atoms with van der Waals surface area (Å²) in [7, 11) is 0. The minimum atomic E-state index is -0.0914. The molecule has 0 aromatic carbocycles. The lowest BCUT2D eigenvalue weighted by Gasteiger charge is -2.16. The normalized spacial score (nSPS) is 33.3. The summed E-state index contributed by atoms with van der Waals surface area (Å²) in [5.41, 5.74) is 8.44. The van der Waals surface area contributed by atoms with Gasteiger partial charge in [-0.05, 0) is 26.2 Å². The number of hydrogen-bond donors (Lipinski definition) is 4. The molecule has 0 bridgehead atoms. The van der Waals surface area contributed by atoms with Gasteiger partial charge in [0.2, 0.25) is 5.91 Å². The highest BCUT2D eigenvalue weighted by Gasteiger charge is 2.29. The average Bonchev–Trinajstić information content (AvgIpc) is 2.43. The van der Waals surface area contributed by atoms with Crippen molar-refractivity contribution < 1.29 is 4.79 Å². The molecule has 1 saturated heterocycles. The molecule has 2 unspecified atom stereocenters. The molecular formula is C8H18N4O. The van der Waals surface area contributed by atoms with Gasteiger partial charge in [0, 0.05) is 18.5 Å². The summed E-state index contributed by atoms with van der Waals surface area (Å²) in [6, 6.07) is 0.834. The van der Waals surface area contributed by atoms with Crippen LogP contribution >= 0.6 is 0 Å². The zero-order valence-corrected chi connectivity index (χ0v) is 8.13. The van der Waals surface area contributed by atoms with Crippen molar-refractivity contribution >= 4 is 5.91 Å². The van der Waals surface area contributed by atoms with E-state index in [1.807, 2.05) is 0 Å². The number of hydrogen-bond acceptors (Lipinski definition) is 4. The van der Waals surface area contributed by atoms with Crippen molar-refractivity contribution in [1.82, 2.24) is 16.3 Å². The maximum absolute atomic E-state index is 10.9. The molecule has 0 spiro atoms. The third-order valence-electron chi connectivity index (χ3n) is 2.69. The molecular weight excluding hydrogens is 168 g/mol. The SMILES string of the molecule is CC1NNC(C)C1CCC(=O)NN. The molecule has 5 nitrogen and oxygen atoms in total. The molecule has 0 aromatic rings. The Hall–Kier alpha value is -0.650. The molecule has 2 atom stereocenters. The molecule has 1 aliphatic heterocycles. The Kier molecular flexibility index (Phi) is 3.65. The Morgan fingerprint density at radius 2 is 1.92 bits per heavy atom. The van der Waals surface area contributed by atoms with Crippen LogP contribution in [0.3, 0.4) is 0 Å². The van der Waals surface area contributed by atoms with Gasteiger partial charge >= 0.3 is 0 Å². The van der Waals surface area contributed by atoms with E-state index >= 15 is 0 Å². The second-order valence-corrected chi connectivity index (χ2v) is 3.64. The topological polar surface area (TPSA) is 79.2 Å². The summed E-state index contributed by atoms with van der Waals surface area (Å²) in [5, 5.41) is 0. The summed E-state index contributed by atoms with van der Waals surface area (Å²) >= 11 is 0. The zero-order valence-electron chi connectivity index (χ0n) is 8.13. The first-order chi connectivity index (χ1) is 6.15. The predicted octanol–water partition coefficient (Wildman–Crippen LogP) is -0.742. The molecule has 5 heteroatoms. The summed E-state index contributed by atoms with van der Waals surface area (Å²) in [4.78, 5) is 10.9. The van der Waals surface area contributed by atoms with Crippen molar-refractivity contribution in [3.63, 3.8) is 0 Å². The number of nitrogens with two attached hydrogens (primary N) is 1. The molecule has 1 aliphatic rings. The molecule has 0 aliphatic carbocycles. The number of rotatable bonds is 3. The van der Waals surface area contributed by atoms with Gasteiger partial charge in [0.15, 0.2) is 0 Å². The van der Waals surface area contributed by atoms with Gasteiger partial charge in [-0.1, -0.05) is 0 Å². The Morgan fingerprint density at radius 1 is 1.38 bits per heavy atom. The zero-order chi connectivity index (χ0) is 9.84. The average molecular weight is 186 g/mol. The van der Waals surface area contributed by atoms with E-state index < -0.39 is 0 Å². The van der Waals surface area contributed by atoms with Crippen molar-refractivity contribution in [3.8, 4) is 0 Å². The van der Waals surface area contributed by atoms with Crippen LogP contribution in [-0.2, 0) is 4.79 Å². The molecule has 1 rings (SSSR count). The van der Waals surface area contributed by atoms with Crippen LogP contribution in [0.2, 0.25) is 0 Å². The first-order valence-corrected chi connectivity index (χ1v) is 4.65. The van der Waals surface area contributed by atoms with Crippen LogP contribution in [0.25, 0.3) is 0 Å². The summed E-state index contributed by atoms with van der Waals surface area (Å²) in [6.45, 7) is 4.23. The van der Waals surface area contributed by atoms with Gasteiger partial charge < -0.3 is 0 Å². The summed E-state index contributed by atoms with van der Waals surface area (Å²) < 4.78 is 0. The van der Waals surface area contributed by atoms with Crippen molar-refractivity contribution in [2.45, 2.75) is 38.8 Å². The summed E-state index contributed by atoms with van der Waals surface area (Å²) in [5.74, 6) is 5.40. The number of amides is 1. The first-order valence-electron chi connectivity index (χ1n) is 4.65. The molecule has 0 saturated carbocycles. The van der Waals surface area contributed by atoms with E-state index in [4.69, 9.17) is 5.84 Å². The van der Waals surface area contributed by atoms with Crippen LogP contribution in [0.15, 0.2) is 0 Å². The van der Waals surface area contributed by atoms with Crippen LogP contribution in [0, 0.1) is 5.92 Å². The predicted molar refractivity (Wildman–Crippen MR) is 50.2 cm³/mol. The smallest absolute Gasteiger partial charge is 0.233 e. The van der Waals surface area contributed by atoms with Gasteiger partial charge in [0.05, 0.1) is 0 Å². The maximum Gasteiger partial charge on any atom is 0.233 e. The van der Waals surface area contributed by atoms with Crippen LogP contribution in [0.4, 0.5) is 0 Å². The van der Waals surface area contributed by atoms with Gasteiger partial charge in [0.1, 0.15) is 0 Å². The second kappa shape index (κ2) is 4.55. The fourth-order valence-electron chi connectivity index (χ4n) is 1.78. The van der Waals surface area contributed by atoms with Gasteiger partial charge in [0.25, 0.3) is 0 Å². The standard InChI is InChI=1S/C8H18N4O/c1-5-7(6(2)12-11-5)3-4-8(13)10-9/h5-7,11-12H,3-4,9H2,1-2H3,(H,10,13). The Balaban J connectivity index is 2.31. The molecule has 5 N–H and O–H groups in total. The first kappa shape index (κ1) is 10.4. The number of nitrogens with one attached hydrogen (secondary N) is 3. The maximum atomic E-state index is 10.9. The van der Waals surface area contributed by atoms with Crippen molar-refractivity contribution in [1.29, 1.82) is 0 Å². The minimum Gasteiger partial charge on any atom is -0.294 e. The molecule has 76 valence electrons. The van der Waals surface area contributed by atoms with Gasteiger partial charge in [-0.2, -0.15) is 0 Å². The fourth-order valence-corrected chi connectivity index (χ4v) is 1.78. The van der Waals surface area contributed by atoms with Gasteiger partial charge in [-0.25, -0.2) is 5.84 Å². The minimum absolute atomic E-state index is 0.0914. The lowest BCUT2D eigenvalue weighted by Crippen LogP contribution is -2.32. The van der Waals surface area contributed by atoms with Crippen LogP contribution in [0.5, 0.6) is 0 Å². The fraction of sp³-hybridized carbons (Fsp3) is 0.875. The van der Waals surface area contributed by atoms with E-state index in [0.29, 0.717) is 24.4 Å². The van der Waals surface area contributed by atoms with E-state index in [9.17, 15) is 4.79 Å². The van der Waals surface area contributed by atoms with Crippen molar-refractivity contribution in [2.75, 3.05) is 0 Å². The largest absolute Gasteiger partial charge is 0.294 e. The summed E-state index contributed by atoms with van der Waals surface area (Å²) in [6.07, 6.45) is 1.37. The molecule has 0 aromatic heterocycles. The lowest BCUT2D eigenvalue weighted by atomic mass is 9.91. The molecule has 13 heavy (non-hydrogen) atoms. The third-order valence-corrected chi connectivity index (χ3v) is 2.69. The Morgan fingerprint density at radius 3 is 2.38 bits per heavy atom. The highest BCUT2D eigenvalue weighted by molar-refractivity contribution is 5.75.